The lowest BCUT2D eigenvalue weighted by molar-refractivity contribution is 0.200. The van der Waals surface area contributed by atoms with E-state index >= 15 is 0 Å². The molecular weight excluding hydrogens is 280 g/mol. The molecule has 0 bridgehead atoms. The van der Waals surface area contributed by atoms with E-state index in [1.807, 2.05) is 6.92 Å². The van der Waals surface area contributed by atoms with Crippen LogP contribution in [-0.2, 0) is 0 Å². The summed E-state index contributed by atoms with van der Waals surface area (Å²) < 4.78 is 26.3. The van der Waals surface area contributed by atoms with Gasteiger partial charge < -0.3 is 15.4 Å². The van der Waals surface area contributed by atoms with Gasteiger partial charge in [0.2, 0.25) is 0 Å². The van der Waals surface area contributed by atoms with Crippen molar-refractivity contribution in [3.8, 4) is 0 Å². The Hall–Kier alpha value is -2.18. The maximum atomic E-state index is 13.5. The van der Waals surface area contributed by atoms with Crippen molar-refractivity contribution in [2.45, 2.75) is 19.8 Å². The van der Waals surface area contributed by atoms with E-state index in [1.165, 1.54) is 11.0 Å². The second kappa shape index (κ2) is 6.51. The highest BCUT2D eigenvalue weighted by molar-refractivity contribution is 5.93. The monoisotopic (exact) mass is 297 g/mol. The number of piperidine rings is 1. The summed E-state index contributed by atoms with van der Waals surface area (Å²) in [6, 6.07) is 2.54. The minimum atomic E-state index is -0.815. The second-order valence-electron chi connectivity index (χ2n) is 4.95. The highest BCUT2D eigenvalue weighted by Gasteiger charge is 2.28. The van der Waals surface area contributed by atoms with E-state index in [2.05, 4.69) is 10.5 Å². The molecule has 0 radical (unpaired) electrons. The maximum absolute atomic E-state index is 13.5. The largest absolute Gasteiger partial charge is 0.411 e. The van der Waals surface area contributed by atoms with Crippen LogP contribution in [0.15, 0.2) is 23.4 Å². The standard InChI is InChI=1S/C14H17F2N3O2/c1-2-9-8-19(6-5-12(9)18-21)14(20)17-13-4-3-10(15)7-11(13)16/h3-4,7,9,21H,2,5-6,8H2,1H3,(H,17,20)/b18-12+. The van der Waals surface area contributed by atoms with Crippen LogP contribution in [-0.4, -0.2) is 34.9 Å². The number of likely N-dealkylation sites (tertiary alicyclic amines) is 1. The van der Waals surface area contributed by atoms with Gasteiger partial charge in [0.1, 0.15) is 11.6 Å². The molecule has 7 heteroatoms. The first-order chi connectivity index (χ1) is 10.0. The fourth-order valence-electron chi connectivity index (χ4n) is 2.38. The molecular formula is C14H17F2N3O2. The molecule has 1 atom stereocenters. The zero-order chi connectivity index (χ0) is 15.4. The molecule has 0 saturated carbocycles. The van der Waals surface area contributed by atoms with Gasteiger partial charge in [-0.2, -0.15) is 0 Å². The lowest BCUT2D eigenvalue weighted by Crippen LogP contribution is -2.45. The molecule has 0 spiro atoms. The molecule has 1 fully saturated rings. The third kappa shape index (κ3) is 3.48. The van der Waals surface area contributed by atoms with E-state index in [0.29, 0.717) is 25.2 Å². The number of nitrogens with zero attached hydrogens (tertiary/aromatic N) is 2. The molecule has 2 amide bonds. The van der Waals surface area contributed by atoms with Gasteiger partial charge in [-0.1, -0.05) is 12.1 Å². The summed E-state index contributed by atoms with van der Waals surface area (Å²) in [4.78, 5) is 13.6. The first kappa shape index (κ1) is 15.2. The van der Waals surface area contributed by atoms with Crippen molar-refractivity contribution in [3.05, 3.63) is 29.8 Å². The SMILES string of the molecule is CCC1CN(C(=O)Nc2ccc(F)cc2F)CC/C1=N\O. The molecule has 2 rings (SSSR count). The van der Waals surface area contributed by atoms with Crippen LogP contribution in [0.5, 0.6) is 0 Å². The molecule has 0 aliphatic carbocycles. The summed E-state index contributed by atoms with van der Waals surface area (Å²) in [5, 5.41) is 14.6. The molecule has 1 saturated heterocycles. The van der Waals surface area contributed by atoms with E-state index in [-0.39, 0.29) is 11.6 Å². The van der Waals surface area contributed by atoms with Gasteiger partial charge in [-0.05, 0) is 18.6 Å². The van der Waals surface area contributed by atoms with Gasteiger partial charge in [-0.25, -0.2) is 13.6 Å². The summed E-state index contributed by atoms with van der Waals surface area (Å²) in [6.07, 6.45) is 1.22. The Bertz CT molecular complexity index is 563. The summed E-state index contributed by atoms with van der Waals surface area (Å²) >= 11 is 0. The van der Waals surface area contributed by atoms with Gasteiger partial charge in [-0.3, -0.25) is 0 Å². The van der Waals surface area contributed by atoms with Crippen molar-refractivity contribution in [2.75, 3.05) is 18.4 Å². The Labute approximate surface area is 121 Å². The molecule has 1 aromatic carbocycles. The number of amides is 2. The summed E-state index contributed by atoms with van der Waals surface area (Å²) in [7, 11) is 0. The van der Waals surface area contributed by atoms with Crippen molar-refractivity contribution >= 4 is 17.4 Å². The van der Waals surface area contributed by atoms with Crippen LogP contribution in [0.4, 0.5) is 19.3 Å². The number of oxime groups is 1. The van der Waals surface area contributed by atoms with Gasteiger partial charge in [-0.15, -0.1) is 0 Å². The summed E-state index contributed by atoms with van der Waals surface area (Å²) in [5.41, 5.74) is 0.616. The molecule has 21 heavy (non-hydrogen) atoms. The Morgan fingerprint density at radius 3 is 2.90 bits per heavy atom. The molecule has 0 aromatic heterocycles. The number of anilines is 1. The fraction of sp³-hybridized carbons (Fsp3) is 0.429. The molecule has 1 unspecified atom stereocenters. The lowest BCUT2D eigenvalue weighted by Gasteiger charge is -2.32. The van der Waals surface area contributed by atoms with Gasteiger partial charge in [0.15, 0.2) is 0 Å². The van der Waals surface area contributed by atoms with Crippen molar-refractivity contribution < 1.29 is 18.8 Å². The van der Waals surface area contributed by atoms with Crippen LogP contribution < -0.4 is 5.32 Å². The molecule has 1 aliphatic rings. The average molecular weight is 297 g/mol. The van der Waals surface area contributed by atoms with Gasteiger partial charge in [0, 0.05) is 31.5 Å². The number of benzene rings is 1. The quantitative estimate of drug-likeness (QED) is 0.651. The predicted octanol–water partition coefficient (Wildman–Crippen LogP) is 3.06. The smallest absolute Gasteiger partial charge is 0.321 e. The first-order valence-corrected chi connectivity index (χ1v) is 6.77. The maximum Gasteiger partial charge on any atom is 0.321 e. The van der Waals surface area contributed by atoms with Crippen LogP contribution in [0.3, 0.4) is 0 Å². The highest BCUT2D eigenvalue weighted by Crippen LogP contribution is 2.20. The predicted molar refractivity (Wildman–Crippen MR) is 74.6 cm³/mol. The minimum Gasteiger partial charge on any atom is -0.411 e. The molecule has 5 nitrogen and oxygen atoms in total. The normalized spacial score (nSPS) is 20.6. The molecule has 2 N–H and O–H groups in total. The van der Waals surface area contributed by atoms with Crippen molar-refractivity contribution in [1.29, 1.82) is 0 Å². The van der Waals surface area contributed by atoms with Gasteiger partial charge >= 0.3 is 6.03 Å². The average Bonchev–Trinajstić information content (AvgIpc) is 2.49. The number of halogens is 2. The van der Waals surface area contributed by atoms with E-state index in [1.54, 1.807) is 0 Å². The van der Waals surface area contributed by atoms with Crippen LogP contribution in [0.2, 0.25) is 0 Å². The Balaban J connectivity index is 2.04. The lowest BCUT2D eigenvalue weighted by atomic mass is 9.93. The minimum absolute atomic E-state index is 0.00688. The van der Waals surface area contributed by atoms with Crippen LogP contribution in [0.1, 0.15) is 19.8 Å². The van der Waals surface area contributed by atoms with Crippen molar-refractivity contribution in [1.82, 2.24) is 4.90 Å². The number of urea groups is 1. The van der Waals surface area contributed by atoms with Crippen molar-refractivity contribution in [3.63, 3.8) is 0 Å². The van der Waals surface area contributed by atoms with Gasteiger partial charge in [0.25, 0.3) is 0 Å². The Kier molecular flexibility index (Phi) is 4.72. The Morgan fingerprint density at radius 2 is 2.29 bits per heavy atom. The second-order valence-corrected chi connectivity index (χ2v) is 4.95. The Morgan fingerprint density at radius 1 is 1.52 bits per heavy atom. The van der Waals surface area contributed by atoms with Crippen LogP contribution >= 0.6 is 0 Å². The van der Waals surface area contributed by atoms with Crippen LogP contribution in [0, 0.1) is 17.6 Å². The van der Waals surface area contributed by atoms with E-state index < -0.39 is 17.7 Å². The molecule has 1 aliphatic heterocycles. The van der Waals surface area contributed by atoms with Crippen molar-refractivity contribution in [2.24, 2.45) is 11.1 Å². The first-order valence-electron chi connectivity index (χ1n) is 6.77. The highest BCUT2D eigenvalue weighted by atomic mass is 19.1. The molecule has 1 heterocycles. The third-order valence-electron chi connectivity index (χ3n) is 3.63. The molecule has 114 valence electrons. The summed E-state index contributed by atoms with van der Waals surface area (Å²) in [6.45, 7) is 2.74. The van der Waals surface area contributed by atoms with Gasteiger partial charge in [0.05, 0.1) is 11.4 Å². The number of nitrogens with one attached hydrogen (secondary N) is 1. The number of rotatable bonds is 2. The van der Waals surface area contributed by atoms with E-state index in [9.17, 15) is 13.6 Å². The number of carbonyl (C=O) groups excluding carboxylic acids is 1. The summed E-state index contributed by atoms with van der Waals surface area (Å²) in [5.74, 6) is -1.52. The number of carbonyl (C=O) groups is 1. The number of hydrogen-bond donors (Lipinski definition) is 2. The topological polar surface area (TPSA) is 64.9 Å². The fourth-order valence-corrected chi connectivity index (χ4v) is 2.38. The zero-order valence-corrected chi connectivity index (χ0v) is 11.6. The number of hydrogen-bond acceptors (Lipinski definition) is 3. The zero-order valence-electron chi connectivity index (χ0n) is 11.6. The van der Waals surface area contributed by atoms with E-state index in [4.69, 9.17) is 5.21 Å². The van der Waals surface area contributed by atoms with Crippen LogP contribution in [0.25, 0.3) is 0 Å². The molecule has 1 aromatic rings. The van der Waals surface area contributed by atoms with E-state index in [0.717, 1.165) is 18.6 Å². The third-order valence-corrected chi connectivity index (χ3v) is 3.63.